The number of aliphatic hydroxyl groups is 1. The number of pyridine rings is 1. The molecule has 21 heavy (non-hydrogen) atoms. The van der Waals surface area contributed by atoms with Crippen molar-refractivity contribution < 1.29 is 5.11 Å². The van der Waals surface area contributed by atoms with Crippen LogP contribution in [0.5, 0.6) is 0 Å². The summed E-state index contributed by atoms with van der Waals surface area (Å²) < 4.78 is 0. The van der Waals surface area contributed by atoms with Crippen LogP contribution in [0, 0.1) is 5.92 Å². The Morgan fingerprint density at radius 1 is 1.00 bits per heavy atom. The molecule has 3 saturated heterocycles. The van der Waals surface area contributed by atoms with Gasteiger partial charge in [0.25, 0.3) is 0 Å². The lowest BCUT2D eigenvalue weighted by Gasteiger charge is -2.50. The number of fused-ring (bicyclic) bond motifs is 3. The van der Waals surface area contributed by atoms with Gasteiger partial charge in [-0.1, -0.05) is 36.4 Å². The lowest BCUT2D eigenvalue weighted by molar-refractivity contribution is -0.120. The van der Waals surface area contributed by atoms with Gasteiger partial charge in [0.15, 0.2) is 0 Å². The fourth-order valence-electron chi connectivity index (χ4n) is 3.78. The third-order valence-corrected chi connectivity index (χ3v) is 5.04. The summed E-state index contributed by atoms with van der Waals surface area (Å²) in [5.74, 6) is 0.359. The van der Waals surface area contributed by atoms with Gasteiger partial charge in [0.2, 0.25) is 0 Å². The molecule has 3 nitrogen and oxygen atoms in total. The average Bonchev–Trinajstić information content (AvgIpc) is 2.57. The molecule has 2 bridgehead atoms. The van der Waals surface area contributed by atoms with E-state index in [2.05, 4.69) is 28.1 Å². The number of rotatable bonds is 2. The summed E-state index contributed by atoms with van der Waals surface area (Å²) in [5.41, 5.74) is 2.34. The fraction of sp³-hybridized carbons (Fsp3) is 0.389. The number of nitrogens with zero attached hydrogens (tertiary/aromatic N) is 2. The van der Waals surface area contributed by atoms with E-state index in [1.807, 2.05) is 30.5 Å². The number of hydrogen-bond acceptors (Lipinski definition) is 3. The first-order chi connectivity index (χ1) is 10.3. The van der Waals surface area contributed by atoms with E-state index in [0.29, 0.717) is 5.92 Å². The highest BCUT2D eigenvalue weighted by Crippen LogP contribution is 2.41. The molecular weight excluding hydrogens is 260 g/mol. The Kier molecular flexibility index (Phi) is 3.05. The zero-order valence-corrected chi connectivity index (χ0v) is 12.1. The van der Waals surface area contributed by atoms with Gasteiger partial charge in [0.05, 0.1) is 5.69 Å². The van der Waals surface area contributed by atoms with Crippen molar-refractivity contribution in [3.05, 3.63) is 54.4 Å². The predicted molar refractivity (Wildman–Crippen MR) is 82.7 cm³/mol. The number of benzene rings is 1. The van der Waals surface area contributed by atoms with Crippen LogP contribution in [0.2, 0.25) is 0 Å². The van der Waals surface area contributed by atoms with Crippen LogP contribution in [0.3, 0.4) is 0 Å². The van der Waals surface area contributed by atoms with Crippen molar-refractivity contribution in [3.8, 4) is 11.1 Å². The first kappa shape index (κ1) is 13.0. The van der Waals surface area contributed by atoms with Gasteiger partial charge in [0.1, 0.15) is 5.60 Å². The monoisotopic (exact) mass is 280 g/mol. The van der Waals surface area contributed by atoms with E-state index >= 15 is 0 Å². The zero-order chi connectivity index (χ0) is 14.3. The van der Waals surface area contributed by atoms with E-state index in [0.717, 1.165) is 49.3 Å². The van der Waals surface area contributed by atoms with Crippen LogP contribution in [0.25, 0.3) is 11.1 Å². The first-order valence-corrected chi connectivity index (χ1v) is 7.72. The molecule has 0 amide bonds. The lowest BCUT2D eigenvalue weighted by Crippen LogP contribution is -2.57. The van der Waals surface area contributed by atoms with Crippen LogP contribution in [0.15, 0.2) is 48.7 Å². The first-order valence-electron chi connectivity index (χ1n) is 7.72. The molecule has 1 unspecified atom stereocenters. The molecule has 0 aliphatic carbocycles. The maximum absolute atomic E-state index is 11.1. The largest absolute Gasteiger partial charge is 0.382 e. The van der Waals surface area contributed by atoms with Gasteiger partial charge in [0, 0.05) is 18.3 Å². The topological polar surface area (TPSA) is 36.4 Å². The molecule has 0 radical (unpaired) electrons. The second-order valence-corrected chi connectivity index (χ2v) is 6.27. The molecule has 2 aromatic rings. The second-order valence-electron chi connectivity index (χ2n) is 6.27. The van der Waals surface area contributed by atoms with Gasteiger partial charge in [-0.15, -0.1) is 0 Å². The van der Waals surface area contributed by atoms with E-state index in [9.17, 15) is 5.11 Å². The second kappa shape index (κ2) is 4.93. The van der Waals surface area contributed by atoms with Crippen LogP contribution in [0.4, 0.5) is 0 Å². The zero-order valence-electron chi connectivity index (χ0n) is 12.1. The Labute approximate surface area is 125 Å². The van der Waals surface area contributed by atoms with E-state index in [-0.39, 0.29) is 0 Å². The smallest absolute Gasteiger partial charge is 0.122 e. The van der Waals surface area contributed by atoms with Crippen LogP contribution >= 0.6 is 0 Å². The molecule has 5 rings (SSSR count). The molecule has 1 aromatic heterocycles. The van der Waals surface area contributed by atoms with Gasteiger partial charge >= 0.3 is 0 Å². The summed E-state index contributed by atoms with van der Waals surface area (Å²) in [6, 6.07) is 14.3. The summed E-state index contributed by atoms with van der Waals surface area (Å²) in [4.78, 5) is 6.95. The maximum Gasteiger partial charge on any atom is 0.122 e. The third-order valence-electron chi connectivity index (χ3n) is 5.04. The Hall–Kier alpha value is -1.71. The highest BCUT2D eigenvalue weighted by atomic mass is 16.3. The summed E-state index contributed by atoms with van der Waals surface area (Å²) >= 11 is 0. The van der Waals surface area contributed by atoms with Crippen LogP contribution < -0.4 is 0 Å². The van der Waals surface area contributed by atoms with Crippen molar-refractivity contribution in [1.82, 2.24) is 9.88 Å². The molecular formula is C18H20N2O. The number of piperidine rings is 3. The Morgan fingerprint density at radius 3 is 2.33 bits per heavy atom. The van der Waals surface area contributed by atoms with Gasteiger partial charge in [-0.3, -0.25) is 4.98 Å². The van der Waals surface area contributed by atoms with Crippen LogP contribution in [0.1, 0.15) is 18.5 Å². The van der Waals surface area contributed by atoms with Crippen LogP contribution in [-0.2, 0) is 5.60 Å². The standard InChI is InChI=1S/C18H20N2O/c21-18(13-20-10-8-16(18)9-11-20)17-7-6-15(12-19-17)14-4-2-1-3-5-14/h1-7,12,16,21H,8-11,13H2. The molecule has 4 heterocycles. The van der Waals surface area contributed by atoms with E-state index in [4.69, 9.17) is 0 Å². The molecule has 3 aliphatic rings. The van der Waals surface area contributed by atoms with Crippen molar-refractivity contribution in [3.63, 3.8) is 0 Å². The SMILES string of the molecule is OC1(c2ccc(-c3ccccc3)cn2)CN2CCC1CC2. The number of aromatic nitrogens is 1. The summed E-state index contributed by atoms with van der Waals surface area (Å²) in [5, 5.41) is 11.1. The normalized spacial score (nSPS) is 31.3. The molecule has 1 atom stereocenters. The lowest BCUT2D eigenvalue weighted by atomic mass is 9.73. The van der Waals surface area contributed by atoms with Gasteiger partial charge in [-0.05, 0) is 43.5 Å². The number of hydrogen-bond donors (Lipinski definition) is 1. The van der Waals surface area contributed by atoms with E-state index in [1.165, 1.54) is 0 Å². The van der Waals surface area contributed by atoms with E-state index in [1.54, 1.807) is 0 Å². The summed E-state index contributed by atoms with van der Waals surface area (Å²) in [6.07, 6.45) is 4.05. The van der Waals surface area contributed by atoms with Crippen molar-refractivity contribution in [1.29, 1.82) is 0 Å². The van der Waals surface area contributed by atoms with Crippen molar-refractivity contribution in [2.75, 3.05) is 19.6 Å². The van der Waals surface area contributed by atoms with Crippen molar-refractivity contribution in [2.45, 2.75) is 18.4 Å². The Bertz CT molecular complexity index is 617. The molecule has 3 aliphatic heterocycles. The molecule has 1 aromatic carbocycles. The van der Waals surface area contributed by atoms with Gasteiger partial charge in [-0.25, -0.2) is 0 Å². The van der Waals surface area contributed by atoms with Crippen molar-refractivity contribution >= 4 is 0 Å². The third kappa shape index (κ3) is 2.17. The maximum atomic E-state index is 11.1. The summed E-state index contributed by atoms with van der Waals surface area (Å²) in [7, 11) is 0. The van der Waals surface area contributed by atoms with E-state index < -0.39 is 5.60 Å². The van der Waals surface area contributed by atoms with Crippen LogP contribution in [-0.4, -0.2) is 34.6 Å². The molecule has 3 fully saturated rings. The summed E-state index contributed by atoms with van der Waals surface area (Å²) in [6.45, 7) is 2.97. The highest BCUT2D eigenvalue weighted by molar-refractivity contribution is 5.62. The molecule has 3 heteroatoms. The molecule has 108 valence electrons. The average molecular weight is 280 g/mol. The van der Waals surface area contributed by atoms with Crippen molar-refractivity contribution in [2.24, 2.45) is 5.92 Å². The fourth-order valence-corrected chi connectivity index (χ4v) is 3.78. The van der Waals surface area contributed by atoms with Gasteiger partial charge < -0.3 is 10.0 Å². The Morgan fingerprint density at radius 2 is 1.76 bits per heavy atom. The molecule has 1 N–H and O–H groups in total. The Balaban J connectivity index is 1.65. The predicted octanol–water partition coefficient (Wildman–Crippen LogP) is 2.66. The van der Waals surface area contributed by atoms with Gasteiger partial charge in [-0.2, -0.15) is 0 Å². The molecule has 0 spiro atoms. The quantitative estimate of drug-likeness (QED) is 0.919. The highest BCUT2D eigenvalue weighted by Gasteiger charge is 2.47. The minimum Gasteiger partial charge on any atom is -0.382 e. The molecule has 0 saturated carbocycles. The minimum absolute atomic E-state index is 0.359. The minimum atomic E-state index is -0.758.